The molecule has 0 aromatic carbocycles. The van der Waals surface area contributed by atoms with Crippen LogP contribution in [0, 0.1) is 0 Å². The lowest BCUT2D eigenvalue weighted by Crippen LogP contribution is -2.26. The van der Waals surface area contributed by atoms with Gasteiger partial charge >= 0.3 is 0 Å². The molecule has 4 heteroatoms. The molecule has 1 rings (SSSR count). The fraction of sp³-hybridized carbons (Fsp3) is 1.00. The zero-order valence-corrected chi connectivity index (χ0v) is 8.52. The zero-order valence-electron chi connectivity index (χ0n) is 8.52. The summed E-state index contributed by atoms with van der Waals surface area (Å²) in [7, 11) is 0. The van der Waals surface area contributed by atoms with E-state index in [4.69, 9.17) is 14.6 Å². The third kappa shape index (κ3) is 4.91. The summed E-state index contributed by atoms with van der Waals surface area (Å²) < 4.78 is 10.7. The maximum atomic E-state index is 9.42. The molecule has 1 saturated heterocycles. The van der Waals surface area contributed by atoms with Crippen LogP contribution in [0.4, 0.5) is 0 Å². The van der Waals surface area contributed by atoms with E-state index in [1.165, 1.54) is 0 Å². The molecule has 14 heavy (non-hydrogen) atoms. The molecule has 0 radical (unpaired) electrons. The second-order valence-corrected chi connectivity index (χ2v) is 3.65. The van der Waals surface area contributed by atoms with E-state index in [1.54, 1.807) is 0 Å². The standard InChI is InChI=1S/C10H20O4/c11-6-3-4-9(12)8-14-10-5-1-2-7-13-10/h9-12H,1-8H2. The lowest BCUT2D eigenvalue weighted by molar-refractivity contribution is -0.175. The van der Waals surface area contributed by atoms with Crippen molar-refractivity contribution in [2.45, 2.75) is 44.5 Å². The van der Waals surface area contributed by atoms with Crippen LogP contribution in [0.3, 0.4) is 0 Å². The van der Waals surface area contributed by atoms with Gasteiger partial charge in [0.1, 0.15) is 0 Å². The largest absolute Gasteiger partial charge is 0.396 e. The number of rotatable bonds is 6. The average molecular weight is 204 g/mol. The van der Waals surface area contributed by atoms with Gasteiger partial charge in [-0.3, -0.25) is 0 Å². The van der Waals surface area contributed by atoms with Gasteiger partial charge in [-0.2, -0.15) is 0 Å². The number of aliphatic hydroxyl groups excluding tert-OH is 2. The van der Waals surface area contributed by atoms with Crippen LogP contribution in [0.25, 0.3) is 0 Å². The van der Waals surface area contributed by atoms with Crippen LogP contribution in [0.1, 0.15) is 32.1 Å². The van der Waals surface area contributed by atoms with E-state index in [0.29, 0.717) is 19.4 Å². The van der Waals surface area contributed by atoms with Crippen molar-refractivity contribution in [2.75, 3.05) is 19.8 Å². The number of ether oxygens (including phenoxy) is 2. The molecule has 0 bridgehead atoms. The fourth-order valence-electron chi connectivity index (χ4n) is 1.47. The first kappa shape index (κ1) is 11.9. The second kappa shape index (κ2) is 7.17. The van der Waals surface area contributed by atoms with Crippen molar-refractivity contribution < 1.29 is 19.7 Å². The minimum Gasteiger partial charge on any atom is -0.396 e. The van der Waals surface area contributed by atoms with Gasteiger partial charge < -0.3 is 19.7 Å². The highest BCUT2D eigenvalue weighted by Crippen LogP contribution is 2.14. The number of hydrogen-bond donors (Lipinski definition) is 2. The maximum Gasteiger partial charge on any atom is 0.157 e. The highest BCUT2D eigenvalue weighted by Gasteiger charge is 2.15. The van der Waals surface area contributed by atoms with E-state index in [2.05, 4.69) is 0 Å². The summed E-state index contributed by atoms with van der Waals surface area (Å²) in [4.78, 5) is 0. The van der Waals surface area contributed by atoms with Gasteiger partial charge in [0.15, 0.2) is 6.29 Å². The van der Waals surface area contributed by atoms with Crippen LogP contribution < -0.4 is 0 Å². The van der Waals surface area contributed by atoms with Gasteiger partial charge in [-0.05, 0) is 32.1 Å². The van der Waals surface area contributed by atoms with E-state index in [1.807, 2.05) is 0 Å². The van der Waals surface area contributed by atoms with Gasteiger partial charge in [0.05, 0.1) is 12.7 Å². The summed E-state index contributed by atoms with van der Waals surface area (Å²) >= 11 is 0. The second-order valence-electron chi connectivity index (χ2n) is 3.65. The van der Waals surface area contributed by atoms with Gasteiger partial charge in [0.25, 0.3) is 0 Å². The lowest BCUT2D eigenvalue weighted by Gasteiger charge is -2.23. The molecule has 2 N–H and O–H groups in total. The van der Waals surface area contributed by atoms with Crippen LogP contribution in [-0.4, -0.2) is 42.4 Å². The molecule has 0 amide bonds. The molecule has 4 nitrogen and oxygen atoms in total. The van der Waals surface area contributed by atoms with Crippen molar-refractivity contribution in [3.05, 3.63) is 0 Å². The Labute approximate surface area is 84.8 Å². The third-order valence-electron chi connectivity index (χ3n) is 2.31. The molecule has 1 aliphatic heterocycles. The first-order chi connectivity index (χ1) is 6.83. The van der Waals surface area contributed by atoms with E-state index in [-0.39, 0.29) is 12.9 Å². The van der Waals surface area contributed by atoms with Gasteiger partial charge in [0, 0.05) is 13.2 Å². The number of aliphatic hydroxyl groups is 2. The van der Waals surface area contributed by atoms with Crippen molar-refractivity contribution in [1.82, 2.24) is 0 Å². The molecule has 2 unspecified atom stereocenters. The van der Waals surface area contributed by atoms with Crippen molar-refractivity contribution in [1.29, 1.82) is 0 Å². The highest BCUT2D eigenvalue weighted by atomic mass is 16.7. The normalized spacial score (nSPS) is 24.9. The summed E-state index contributed by atoms with van der Waals surface area (Å²) in [6.45, 7) is 1.19. The molecular formula is C10H20O4. The Hall–Kier alpha value is -0.160. The molecule has 2 atom stereocenters. The van der Waals surface area contributed by atoms with Gasteiger partial charge in [-0.1, -0.05) is 0 Å². The Morgan fingerprint density at radius 3 is 2.93 bits per heavy atom. The Bertz CT molecular complexity index is 134. The van der Waals surface area contributed by atoms with Crippen LogP contribution in [0.2, 0.25) is 0 Å². The monoisotopic (exact) mass is 204 g/mol. The SMILES string of the molecule is OCCCC(O)COC1CCCCO1. The molecule has 0 saturated carbocycles. The molecule has 1 heterocycles. The Balaban J connectivity index is 2.00. The smallest absolute Gasteiger partial charge is 0.157 e. The van der Waals surface area contributed by atoms with Gasteiger partial charge in [-0.15, -0.1) is 0 Å². The van der Waals surface area contributed by atoms with E-state index in [9.17, 15) is 5.11 Å². The molecule has 0 aliphatic carbocycles. The molecule has 1 aliphatic rings. The Morgan fingerprint density at radius 2 is 2.29 bits per heavy atom. The molecule has 0 spiro atoms. The molecule has 1 fully saturated rings. The predicted molar refractivity (Wildman–Crippen MR) is 51.9 cm³/mol. The molecular weight excluding hydrogens is 184 g/mol. The summed E-state index contributed by atoms with van der Waals surface area (Å²) in [5, 5.41) is 18.0. The topological polar surface area (TPSA) is 58.9 Å². The van der Waals surface area contributed by atoms with Crippen LogP contribution in [0.5, 0.6) is 0 Å². The van der Waals surface area contributed by atoms with Crippen molar-refractivity contribution in [3.8, 4) is 0 Å². The van der Waals surface area contributed by atoms with E-state index < -0.39 is 6.10 Å². The van der Waals surface area contributed by atoms with Crippen LogP contribution in [0.15, 0.2) is 0 Å². The Morgan fingerprint density at radius 1 is 1.43 bits per heavy atom. The molecule has 0 aromatic heterocycles. The lowest BCUT2D eigenvalue weighted by atomic mass is 10.2. The minimum atomic E-state index is -0.479. The molecule has 0 aromatic rings. The first-order valence-corrected chi connectivity index (χ1v) is 5.35. The van der Waals surface area contributed by atoms with E-state index in [0.717, 1.165) is 25.9 Å². The van der Waals surface area contributed by atoms with Gasteiger partial charge in [-0.25, -0.2) is 0 Å². The van der Waals surface area contributed by atoms with Crippen molar-refractivity contribution in [2.24, 2.45) is 0 Å². The zero-order chi connectivity index (χ0) is 10.2. The summed E-state index contributed by atoms with van der Waals surface area (Å²) in [5.41, 5.74) is 0. The predicted octanol–water partition coefficient (Wildman–Crippen LogP) is 0.663. The third-order valence-corrected chi connectivity index (χ3v) is 2.31. The van der Waals surface area contributed by atoms with Crippen molar-refractivity contribution in [3.63, 3.8) is 0 Å². The summed E-state index contributed by atoms with van der Waals surface area (Å²) in [5.74, 6) is 0. The summed E-state index contributed by atoms with van der Waals surface area (Å²) in [6, 6.07) is 0. The molecule has 84 valence electrons. The average Bonchev–Trinajstić information content (AvgIpc) is 2.25. The van der Waals surface area contributed by atoms with Crippen LogP contribution in [-0.2, 0) is 9.47 Å². The van der Waals surface area contributed by atoms with Crippen molar-refractivity contribution >= 4 is 0 Å². The van der Waals surface area contributed by atoms with E-state index >= 15 is 0 Å². The Kier molecular flexibility index (Phi) is 6.10. The van der Waals surface area contributed by atoms with Gasteiger partial charge in [0.2, 0.25) is 0 Å². The van der Waals surface area contributed by atoms with Crippen LogP contribution >= 0.6 is 0 Å². The number of hydrogen-bond acceptors (Lipinski definition) is 4. The quantitative estimate of drug-likeness (QED) is 0.667. The summed E-state index contributed by atoms with van der Waals surface area (Å²) in [6.07, 6.45) is 3.76. The first-order valence-electron chi connectivity index (χ1n) is 5.35. The maximum absolute atomic E-state index is 9.42. The highest BCUT2D eigenvalue weighted by molar-refractivity contribution is 4.57. The fourth-order valence-corrected chi connectivity index (χ4v) is 1.47. The minimum absolute atomic E-state index is 0.122.